The van der Waals surface area contributed by atoms with Crippen LogP contribution in [0.3, 0.4) is 0 Å². The Bertz CT molecular complexity index is 14.4. The predicted octanol–water partition coefficient (Wildman–Crippen LogP) is -2.99. The van der Waals surface area contributed by atoms with E-state index in [9.17, 15) is 0 Å². The fourth-order valence-corrected chi connectivity index (χ4v) is 0. The zero-order chi connectivity index (χ0) is 2.71. The number of hydrogen-bond donors (Lipinski definition) is 1. The van der Waals surface area contributed by atoms with Gasteiger partial charge in [0.25, 0.3) is 0 Å². The number of hydrogen-bond acceptors (Lipinski definition) is 2. The molecule has 0 amide bonds. The summed E-state index contributed by atoms with van der Waals surface area (Å²) in [7, 11) is -0.833. The van der Waals surface area contributed by atoms with Crippen molar-refractivity contribution in [3.63, 3.8) is 0 Å². The van der Waals surface area contributed by atoms with Gasteiger partial charge in [0.2, 0.25) is 0 Å². The summed E-state index contributed by atoms with van der Waals surface area (Å²) in [6.45, 7) is 0. The Morgan fingerprint density at radius 1 is 1.60 bits per heavy atom. The second-order valence-corrected chi connectivity index (χ2v) is 0.245. The molecule has 0 heterocycles. The van der Waals surface area contributed by atoms with Gasteiger partial charge in [0.05, 0.1) is 0 Å². The van der Waals surface area contributed by atoms with Crippen LogP contribution in [0.15, 0.2) is 0 Å². The van der Waals surface area contributed by atoms with Crippen molar-refractivity contribution in [2.75, 3.05) is 0 Å². The van der Waals surface area contributed by atoms with Crippen molar-refractivity contribution < 1.29 is 44.5 Å². The summed E-state index contributed by atoms with van der Waals surface area (Å²) in [5.41, 5.74) is 0. The molecule has 0 spiro atoms. The molecule has 0 aromatic heterocycles. The van der Waals surface area contributed by atoms with Crippen molar-refractivity contribution in [3.05, 3.63) is 0 Å². The fraction of sp³-hybridized carbons (Fsp3) is 0. The molecular formula is H2NaO3P. The summed E-state index contributed by atoms with van der Waals surface area (Å²) in [6.07, 6.45) is 0. The van der Waals surface area contributed by atoms with Crippen molar-refractivity contribution in [1.29, 1.82) is 0 Å². The first-order chi connectivity index (χ1) is 1.41. The standard InChI is InChI=1S/Na.HO2P.H2O/c;1-3-2;/h;(H,1,2);1H2/q+1;;/p-1. The molecule has 0 radical (unpaired) electrons. The summed E-state index contributed by atoms with van der Waals surface area (Å²) < 4.78 is 8.46. The molecule has 0 aliphatic heterocycles. The minimum Gasteiger partial charge on any atom is -0.870 e. The SMILES string of the molecule is O=PO.[Na+].[OH-]. The van der Waals surface area contributed by atoms with Gasteiger partial charge in [-0.05, 0) is 0 Å². The molecule has 0 saturated carbocycles. The van der Waals surface area contributed by atoms with Crippen molar-refractivity contribution in [1.82, 2.24) is 0 Å². The first-order valence-electron chi connectivity index (χ1n) is 0.383. The van der Waals surface area contributed by atoms with Crippen LogP contribution >= 0.6 is 8.69 Å². The first kappa shape index (κ1) is 16.6. The van der Waals surface area contributed by atoms with E-state index in [2.05, 4.69) is 0 Å². The van der Waals surface area contributed by atoms with E-state index in [4.69, 9.17) is 9.46 Å². The Kier molecular flexibility index (Phi) is 66.1. The van der Waals surface area contributed by atoms with Crippen LogP contribution in [0.4, 0.5) is 0 Å². The summed E-state index contributed by atoms with van der Waals surface area (Å²) in [4.78, 5) is 6.99. The van der Waals surface area contributed by atoms with E-state index in [0.29, 0.717) is 0 Å². The minimum absolute atomic E-state index is 0. The third-order valence-corrected chi connectivity index (χ3v) is 0. The normalized spacial score (nSPS) is 4.20. The second kappa shape index (κ2) is 19.9. The Hall–Kier alpha value is 1.02. The van der Waals surface area contributed by atoms with Gasteiger partial charge in [-0.1, -0.05) is 0 Å². The molecule has 5 heavy (non-hydrogen) atoms. The third kappa shape index (κ3) is 44.0. The van der Waals surface area contributed by atoms with Crippen molar-refractivity contribution in [2.45, 2.75) is 0 Å². The van der Waals surface area contributed by atoms with Gasteiger partial charge < -0.3 is 10.4 Å². The van der Waals surface area contributed by atoms with Gasteiger partial charge in [0.15, 0.2) is 0 Å². The smallest absolute Gasteiger partial charge is 0.870 e. The Morgan fingerprint density at radius 3 is 1.60 bits per heavy atom. The van der Waals surface area contributed by atoms with E-state index in [1.807, 2.05) is 0 Å². The Labute approximate surface area is 53.3 Å². The van der Waals surface area contributed by atoms with E-state index in [0.717, 1.165) is 0 Å². The first-order valence-corrected chi connectivity index (χ1v) is 1.15. The largest absolute Gasteiger partial charge is 1.00 e. The molecule has 0 atom stereocenters. The van der Waals surface area contributed by atoms with Crippen molar-refractivity contribution in [2.24, 2.45) is 0 Å². The van der Waals surface area contributed by atoms with Crippen LogP contribution in [0.5, 0.6) is 0 Å². The molecule has 0 aromatic rings. The zero-order valence-corrected chi connectivity index (χ0v) is 5.64. The zero-order valence-electron chi connectivity index (χ0n) is 2.75. The maximum atomic E-state index is 8.46. The molecule has 0 fully saturated rings. The molecule has 0 aliphatic rings. The van der Waals surface area contributed by atoms with Gasteiger partial charge in [0, 0.05) is 0 Å². The monoisotopic (exact) mass is 104 g/mol. The molecule has 0 rings (SSSR count). The maximum Gasteiger partial charge on any atom is 1.00 e. The van der Waals surface area contributed by atoms with Gasteiger partial charge in [-0.15, -0.1) is 0 Å². The van der Waals surface area contributed by atoms with Gasteiger partial charge >= 0.3 is 38.2 Å². The van der Waals surface area contributed by atoms with E-state index in [1.165, 1.54) is 0 Å². The van der Waals surface area contributed by atoms with Crippen LogP contribution in [-0.4, -0.2) is 10.4 Å². The minimum atomic E-state index is -0.833. The van der Waals surface area contributed by atoms with Crippen molar-refractivity contribution >= 4 is 8.69 Å². The molecule has 0 aromatic carbocycles. The Balaban J connectivity index is -0.0000000200. The van der Waals surface area contributed by atoms with Crippen LogP contribution in [0.25, 0.3) is 0 Å². The Morgan fingerprint density at radius 2 is 1.60 bits per heavy atom. The summed E-state index contributed by atoms with van der Waals surface area (Å²) in [5, 5.41) is 0. The summed E-state index contributed by atoms with van der Waals surface area (Å²) in [6, 6.07) is 0. The molecule has 3 nitrogen and oxygen atoms in total. The predicted molar refractivity (Wildman–Crippen MR) is 11.8 cm³/mol. The molecule has 26 valence electrons. The molecular weight excluding hydrogens is 102 g/mol. The van der Waals surface area contributed by atoms with Crippen LogP contribution in [0.2, 0.25) is 0 Å². The van der Waals surface area contributed by atoms with E-state index in [-0.39, 0.29) is 35.0 Å². The molecule has 0 bridgehead atoms. The summed E-state index contributed by atoms with van der Waals surface area (Å²) in [5.74, 6) is 0. The van der Waals surface area contributed by atoms with Gasteiger partial charge in [0.1, 0.15) is 0 Å². The molecule has 0 aliphatic carbocycles. The van der Waals surface area contributed by atoms with Gasteiger partial charge in [-0.3, -0.25) is 0 Å². The average molecular weight is 104 g/mol. The van der Waals surface area contributed by atoms with E-state index < -0.39 is 8.69 Å². The van der Waals surface area contributed by atoms with E-state index in [1.54, 1.807) is 0 Å². The van der Waals surface area contributed by atoms with Crippen LogP contribution in [-0.2, 0) is 4.57 Å². The maximum absolute atomic E-state index is 8.46. The molecule has 0 unspecified atom stereocenters. The topological polar surface area (TPSA) is 67.3 Å². The average Bonchev–Trinajstić information content (AvgIpc) is 0.918. The van der Waals surface area contributed by atoms with Gasteiger partial charge in [-0.25, -0.2) is 4.57 Å². The number of rotatable bonds is 0. The molecule has 5 heteroatoms. The summed E-state index contributed by atoms with van der Waals surface area (Å²) >= 11 is 0. The third-order valence-electron chi connectivity index (χ3n) is 0. The van der Waals surface area contributed by atoms with Crippen LogP contribution < -0.4 is 29.6 Å². The van der Waals surface area contributed by atoms with Crippen molar-refractivity contribution in [3.8, 4) is 0 Å². The second-order valence-electron chi connectivity index (χ2n) is 0.0816. The molecule has 2 N–H and O–H groups in total. The van der Waals surface area contributed by atoms with Crippen LogP contribution in [0, 0.1) is 0 Å². The van der Waals surface area contributed by atoms with Gasteiger partial charge in [-0.2, -0.15) is 0 Å². The molecule has 0 saturated heterocycles. The fourth-order valence-electron chi connectivity index (χ4n) is 0. The van der Waals surface area contributed by atoms with E-state index >= 15 is 0 Å². The van der Waals surface area contributed by atoms with Crippen LogP contribution in [0.1, 0.15) is 0 Å². The quantitative estimate of drug-likeness (QED) is 0.263.